The summed E-state index contributed by atoms with van der Waals surface area (Å²) in [6.45, 7) is -0.0981. The molecule has 1 unspecified atom stereocenters. The molecule has 9 heteroatoms. The first-order valence-electron chi connectivity index (χ1n) is 5.54. The Morgan fingerprint density at radius 1 is 1.22 bits per heavy atom. The molecule has 1 rings (SSSR count). The molecule has 0 spiro atoms. The van der Waals surface area contributed by atoms with Gasteiger partial charge in [-0.3, -0.25) is 0 Å². The second-order valence-electron chi connectivity index (χ2n) is 3.88. The number of ether oxygens (including phenoxy) is 2. The van der Waals surface area contributed by atoms with Crippen LogP contribution >= 0.6 is 0 Å². The SMILES string of the molecule is [N-]=[N+]=NCCCOC1O[C@H](CO)[C@@H](O)[C@H](O)[C@H]1O. The molecule has 1 saturated heterocycles. The molecule has 18 heavy (non-hydrogen) atoms. The number of aliphatic hydroxyl groups excluding tert-OH is 4. The predicted molar refractivity (Wildman–Crippen MR) is 58.3 cm³/mol. The van der Waals surface area contributed by atoms with Gasteiger partial charge < -0.3 is 29.9 Å². The van der Waals surface area contributed by atoms with E-state index in [0.717, 1.165) is 0 Å². The van der Waals surface area contributed by atoms with E-state index in [1.807, 2.05) is 0 Å². The average Bonchev–Trinajstić information content (AvgIpc) is 2.38. The Morgan fingerprint density at radius 3 is 2.56 bits per heavy atom. The third-order valence-electron chi connectivity index (χ3n) is 2.60. The van der Waals surface area contributed by atoms with Gasteiger partial charge in [-0.15, -0.1) is 0 Å². The zero-order chi connectivity index (χ0) is 13.5. The van der Waals surface area contributed by atoms with Gasteiger partial charge in [0.2, 0.25) is 0 Å². The van der Waals surface area contributed by atoms with Gasteiger partial charge in [0.15, 0.2) is 6.29 Å². The fraction of sp³-hybridized carbons (Fsp3) is 1.00. The summed E-state index contributed by atoms with van der Waals surface area (Å²) in [7, 11) is 0. The van der Waals surface area contributed by atoms with Crippen LogP contribution in [-0.2, 0) is 9.47 Å². The Labute approximate surface area is 103 Å². The smallest absolute Gasteiger partial charge is 0.186 e. The summed E-state index contributed by atoms with van der Waals surface area (Å²) < 4.78 is 10.3. The van der Waals surface area contributed by atoms with Crippen molar-refractivity contribution in [2.45, 2.75) is 37.1 Å². The Kier molecular flexibility index (Phi) is 6.30. The monoisotopic (exact) mass is 263 g/mol. The molecular weight excluding hydrogens is 246 g/mol. The first-order valence-corrected chi connectivity index (χ1v) is 5.54. The molecular formula is C9H17N3O6. The summed E-state index contributed by atoms with van der Waals surface area (Å²) in [6, 6.07) is 0. The van der Waals surface area contributed by atoms with E-state index in [2.05, 4.69) is 10.0 Å². The van der Waals surface area contributed by atoms with Crippen molar-refractivity contribution in [2.24, 2.45) is 5.11 Å². The minimum Gasteiger partial charge on any atom is -0.394 e. The van der Waals surface area contributed by atoms with E-state index >= 15 is 0 Å². The number of azide groups is 1. The van der Waals surface area contributed by atoms with Crippen LogP contribution in [0.5, 0.6) is 0 Å². The van der Waals surface area contributed by atoms with Gasteiger partial charge in [0.1, 0.15) is 24.4 Å². The highest BCUT2D eigenvalue weighted by Gasteiger charge is 2.43. The molecule has 1 fully saturated rings. The maximum atomic E-state index is 9.60. The van der Waals surface area contributed by atoms with Crippen molar-refractivity contribution in [1.82, 2.24) is 0 Å². The Bertz CT molecular complexity index is 296. The summed E-state index contributed by atoms with van der Waals surface area (Å²) in [4.78, 5) is 2.56. The van der Waals surface area contributed by atoms with Gasteiger partial charge in [-0.2, -0.15) is 0 Å². The van der Waals surface area contributed by atoms with Crippen LogP contribution in [0.25, 0.3) is 10.4 Å². The number of hydrogen-bond donors (Lipinski definition) is 4. The van der Waals surface area contributed by atoms with Crippen molar-refractivity contribution in [3.05, 3.63) is 10.4 Å². The first kappa shape index (κ1) is 15.1. The van der Waals surface area contributed by atoms with Crippen LogP contribution in [0.2, 0.25) is 0 Å². The first-order chi connectivity index (χ1) is 8.61. The van der Waals surface area contributed by atoms with Crippen LogP contribution in [0, 0.1) is 0 Å². The molecule has 1 aliphatic rings. The zero-order valence-electron chi connectivity index (χ0n) is 9.66. The van der Waals surface area contributed by atoms with Gasteiger partial charge in [0.25, 0.3) is 0 Å². The van der Waals surface area contributed by atoms with Crippen LogP contribution in [-0.4, -0.2) is 70.9 Å². The van der Waals surface area contributed by atoms with E-state index in [0.29, 0.717) is 6.42 Å². The Hall–Kier alpha value is -0.930. The number of aliphatic hydroxyl groups is 4. The molecule has 0 aliphatic carbocycles. The lowest BCUT2D eigenvalue weighted by Gasteiger charge is -2.39. The van der Waals surface area contributed by atoms with Crippen molar-refractivity contribution in [1.29, 1.82) is 0 Å². The van der Waals surface area contributed by atoms with Crippen LogP contribution in [0.3, 0.4) is 0 Å². The van der Waals surface area contributed by atoms with E-state index < -0.39 is 37.3 Å². The maximum absolute atomic E-state index is 9.60. The number of nitrogens with zero attached hydrogens (tertiary/aromatic N) is 3. The topological polar surface area (TPSA) is 148 Å². The minimum absolute atomic E-state index is 0.154. The van der Waals surface area contributed by atoms with Crippen molar-refractivity contribution < 1.29 is 29.9 Å². The largest absolute Gasteiger partial charge is 0.394 e. The van der Waals surface area contributed by atoms with Gasteiger partial charge in [0.05, 0.1) is 6.61 Å². The highest BCUT2D eigenvalue weighted by molar-refractivity contribution is 4.88. The van der Waals surface area contributed by atoms with Gasteiger partial charge in [-0.1, -0.05) is 5.11 Å². The summed E-state index contributed by atoms with van der Waals surface area (Å²) in [6.07, 6.45) is -5.93. The van der Waals surface area contributed by atoms with Gasteiger partial charge in [-0.05, 0) is 12.0 Å². The lowest BCUT2D eigenvalue weighted by Crippen LogP contribution is -2.59. The van der Waals surface area contributed by atoms with Crippen LogP contribution in [0.15, 0.2) is 5.11 Å². The fourth-order valence-electron chi connectivity index (χ4n) is 1.58. The van der Waals surface area contributed by atoms with Gasteiger partial charge in [-0.25, -0.2) is 0 Å². The highest BCUT2D eigenvalue weighted by atomic mass is 16.7. The molecule has 1 heterocycles. The zero-order valence-corrected chi connectivity index (χ0v) is 9.66. The Morgan fingerprint density at radius 2 is 1.94 bits per heavy atom. The summed E-state index contributed by atoms with van der Waals surface area (Å²) in [5.41, 5.74) is 8.05. The second-order valence-corrected chi connectivity index (χ2v) is 3.88. The average molecular weight is 263 g/mol. The van der Waals surface area contributed by atoms with E-state index in [1.54, 1.807) is 0 Å². The summed E-state index contributed by atoms with van der Waals surface area (Å²) >= 11 is 0. The Balaban J connectivity index is 2.41. The van der Waals surface area contributed by atoms with E-state index in [-0.39, 0.29) is 13.2 Å². The molecule has 0 aromatic carbocycles. The molecule has 0 saturated carbocycles. The van der Waals surface area contributed by atoms with Crippen molar-refractivity contribution in [2.75, 3.05) is 19.8 Å². The molecule has 104 valence electrons. The van der Waals surface area contributed by atoms with Gasteiger partial charge >= 0.3 is 0 Å². The van der Waals surface area contributed by atoms with Crippen molar-refractivity contribution >= 4 is 0 Å². The molecule has 0 aromatic heterocycles. The summed E-state index contributed by atoms with van der Waals surface area (Å²) in [5, 5.41) is 40.8. The van der Waals surface area contributed by atoms with Gasteiger partial charge in [0, 0.05) is 18.1 Å². The van der Waals surface area contributed by atoms with Crippen molar-refractivity contribution in [3.63, 3.8) is 0 Å². The molecule has 5 atom stereocenters. The highest BCUT2D eigenvalue weighted by Crippen LogP contribution is 2.21. The number of hydrogen-bond acceptors (Lipinski definition) is 7. The second kappa shape index (κ2) is 7.49. The summed E-state index contributed by atoms with van der Waals surface area (Å²) in [5.74, 6) is 0. The molecule has 0 amide bonds. The lowest BCUT2D eigenvalue weighted by atomic mass is 9.99. The molecule has 1 aliphatic heterocycles. The van der Waals surface area contributed by atoms with Crippen LogP contribution in [0.4, 0.5) is 0 Å². The third-order valence-corrected chi connectivity index (χ3v) is 2.60. The van der Waals surface area contributed by atoms with Crippen LogP contribution < -0.4 is 0 Å². The van der Waals surface area contributed by atoms with E-state index in [9.17, 15) is 15.3 Å². The maximum Gasteiger partial charge on any atom is 0.186 e. The van der Waals surface area contributed by atoms with Crippen LogP contribution in [0.1, 0.15) is 6.42 Å². The lowest BCUT2D eigenvalue weighted by molar-refractivity contribution is -0.301. The quantitative estimate of drug-likeness (QED) is 0.198. The minimum atomic E-state index is -1.45. The molecule has 4 N–H and O–H groups in total. The molecule has 0 aromatic rings. The number of rotatable bonds is 6. The molecule has 0 bridgehead atoms. The molecule has 9 nitrogen and oxygen atoms in total. The van der Waals surface area contributed by atoms with Crippen molar-refractivity contribution in [3.8, 4) is 0 Å². The van der Waals surface area contributed by atoms with E-state index in [4.69, 9.17) is 20.1 Å². The normalized spacial score (nSPS) is 36.1. The standard InChI is InChI=1S/C9H17N3O6/c10-12-11-2-1-3-17-9-8(16)7(15)6(14)5(4-13)18-9/h5-9,13-16H,1-4H2/t5-,6-,7+,8-,9?/m1/s1. The third kappa shape index (κ3) is 3.79. The van der Waals surface area contributed by atoms with E-state index in [1.165, 1.54) is 0 Å². The molecule has 0 radical (unpaired) electrons. The fourth-order valence-corrected chi connectivity index (χ4v) is 1.58. The predicted octanol–water partition coefficient (Wildman–Crippen LogP) is -1.50.